The molecule has 0 aromatic rings. The van der Waals surface area contributed by atoms with Crippen molar-refractivity contribution in [1.29, 1.82) is 0 Å². The highest BCUT2D eigenvalue weighted by atomic mass is 16.5. The van der Waals surface area contributed by atoms with Crippen molar-refractivity contribution in [2.45, 2.75) is 19.3 Å². The second kappa shape index (κ2) is 8.30. The van der Waals surface area contributed by atoms with Crippen molar-refractivity contribution in [3.05, 3.63) is 12.7 Å². The van der Waals surface area contributed by atoms with Crippen LogP contribution in [0.4, 0.5) is 0 Å². The Kier molecular flexibility index (Phi) is 6.85. The van der Waals surface area contributed by atoms with Crippen LogP contribution in [0.3, 0.4) is 0 Å². The van der Waals surface area contributed by atoms with Gasteiger partial charge in [-0.25, -0.2) is 0 Å². The normalized spacial score (nSPS) is 20.4. The Balaban J connectivity index is 1.99. The summed E-state index contributed by atoms with van der Waals surface area (Å²) in [5.41, 5.74) is 0. The number of hydrogen-bond acceptors (Lipinski definition) is 3. The molecule has 0 radical (unpaired) electrons. The summed E-state index contributed by atoms with van der Waals surface area (Å²) in [6.07, 6.45) is 4.77. The Morgan fingerprint density at radius 3 is 3.12 bits per heavy atom. The summed E-state index contributed by atoms with van der Waals surface area (Å²) in [5, 5.41) is 6.13. The van der Waals surface area contributed by atoms with Crippen LogP contribution in [0.15, 0.2) is 12.7 Å². The molecule has 0 aromatic heterocycles. The summed E-state index contributed by atoms with van der Waals surface area (Å²) >= 11 is 0. The summed E-state index contributed by atoms with van der Waals surface area (Å²) in [4.78, 5) is 11.7. The number of ether oxygens (including phenoxy) is 1. The van der Waals surface area contributed by atoms with Gasteiger partial charge in [-0.1, -0.05) is 6.08 Å². The molecule has 1 unspecified atom stereocenters. The Morgan fingerprint density at radius 1 is 1.56 bits per heavy atom. The van der Waals surface area contributed by atoms with Gasteiger partial charge in [-0.3, -0.25) is 4.79 Å². The van der Waals surface area contributed by atoms with Crippen LogP contribution in [0, 0.1) is 5.92 Å². The fraction of sp³-hybridized carbons (Fsp3) is 0.750. The van der Waals surface area contributed by atoms with E-state index in [-0.39, 0.29) is 11.8 Å². The van der Waals surface area contributed by atoms with E-state index >= 15 is 0 Å². The fourth-order valence-corrected chi connectivity index (χ4v) is 1.74. The molecule has 1 atom stereocenters. The minimum Gasteiger partial charge on any atom is -0.379 e. The van der Waals surface area contributed by atoms with Crippen molar-refractivity contribution in [3.63, 3.8) is 0 Å². The summed E-state index contributed by atoms with van der Waals surface area (Å²) < 4.78 is 5.31. The molecule has 1 saturated heterocycles. The van der Waals surface area contributed by atoms with Crippen LogP contribution in [0.5, 0.6) is 0 Å². The molecule has 2 N–H and O–H groups in total. The molecule has 16 heavy (non-hydrogen) atoms. The molecule has 1 aliphatic rings. The molecule has 1 amide bonds. The molecule has 4 heteroatoms. The number of piperidine rings is 1. The van der Waals surface area contributed by atoms with Gasteiger partial charge in [0.1, 0.15) is 0 Å². The monoisotopic (exact) mass is 226 g/mol. The predicted molar refractivity (Wildman–Crippen MR) is 64.2 cm³/mol. The summed E-state index contributed by atoms with van der Waals surface area (Å²) in [5.74, 6) is 0.293. The van der Waals surface area contributed by atoms with Crippen LogP contribution in [0.25, 0.3) is 0 Å². The van der Waals surface area contributed by atoms with Crippen LogP contribution in [0.2, 0.25) is 0 Å². The van der Waals surface area contributed by atoms with Crippen molar-refractivity contribution in [2.24, 2.45) is 5.92 Å². The third kappa shape index (κ3) is 5.28. The number of rotatable bonds is 7. The number of nitrogens with one attached hydrogen (secondary N) is 2. The van der Waals surface area contributed by atoms with Gasteiger partial charge >= 0.3 is 0 Å². The van der Waals surface area contributed by atoms with Crippen molar-refractivity contribution in [2.75, 3.05) is 32.8 Å². The van der Waals surface area contributed by atoms with E-state index in [0.29, 0.717) is 19.8 Å². The first kappa shape index (κ1) is 13.2. The molecule has 0 spiro atoms. The lowest BCUT2D eigenvalue weighted by Gasteiger charge is -2.21. The van der Waals surface area contributed by atoms with E-state index in [4.69, 9.17) is 4.74 Å². The van der Waals surface area contributed by atoms with E-state index < -0.39 is 0 Å². The SMILES string of the molecule is C=CCCOCCNC(=O)C1CCCNC1. The fourth-order valence-electron chi connectivity index (χ4n) is 1.74. The topological polar surface area (TPSA) is 50.4 Å². The predicted octanol–water partition coefficient (Wildman–Crippen LogP) is 0.695. The molecule has 92 valence electrons. The van der Waals surface area contributed by atoms with Gasteiger partial charge in [0.2, 0.25) is 5.91 Å². The zero-order valence-corrected chi connectivity index (χ0v) is 9.84. The molecule has 1 heterocycles. The quantitative estimate of drug-likeness (QED) is 0.496. The lowest BCUT2D eigenvalue weighted by molar-refractivity contribution is -0.125. The number of amides is 1. The molecular formula is C12H22N2O2. The highest BCUT2D eigenvalue weighted by Gasteiger charge is 2.19. The molecule has 4 nitrogen and oxygen atoms in total. The molecule has 0 saturated carbocycles. The van der Waals surface area contributed by atoms with Gasteiger partial charge in [-0.05, 0) is 25.8 Å². The van der Waals surface area contributed by atoms with Crippen molar-refractivity contribution in [1.82, 2.24) is 10.6 Å². The van der Waals surface area contributed by atoms with Crippen molar-refractivity contribution in [3.8, 4) is 0 Å². The maximum absolute atomic E-state index is 11.7. The maximum atomic E-state index is 11.7. The Morgan fingerprint density at radius 2 is 2.44 bits per heavy atom. The van der Waals surface area contributed by atoms with Crippen LogP contribution in [-0.4, -0.2) is 38.8 Å². The van der Waals surface area contributed by atoms with E-state index in [2.05, 4.69) is 17.2 Å². The molecule has 0 bridgehead atoms. The summed E-state index contributed by atoms with van der Waals surface area (Å²) in [7, 11) is 0. The van der Waals surface area contributed by atoms with Gasteiger partial charge in [-0.15, -0.1) is 6.58 Å². The van der Waals surface area contributed by atoms with E-state index in [0.717, 1.165) is 32.4 Å². The first-order chi connectivity index (χ1) is 7.84. The first-order valence-corrected chi connectivity index (χ1v) is 6.01. The van der Waals surface area contributed by atoms with Crippen LogP contribution in [-0.2, 0) is 9.53 Å². The minimum atomic E-state index is 0.141. The Hall–Kier alpha value is -0.870. The van der Waals surface area contributed by atoms with Crippen molar-refractivity contribution < 1.29 is 9.53 Å². The molecule has 0 aromatic carbocycles. The van der Waals surface area contributed by atoms with E-state index in [9.17, 15) is 4.79 Å². The smallest absolute Gasteiger partial charge is 0.224 e. The largest absolute Gasteiger partial charge is 0.379 e. The average Bonchev–Trinajstić information content (AvgIpc) is 2.34. The average molecular weight is 226 g/mol. The van der Waals surface area contributed by atoms with Gasteiger partial charge < -0.3 is 15.4 Å². The van der Waals surface area contributed by atoms with Gasteiger partial charge in [0.15, 0.2) is 0 Å². The number of hydrogen-bond donors (Lipinski definition) is 2. The third-order valence-corrected chi connectivity index (χ3v) is 2.68. The minimum absolute atomic E-state index is 0.141. The molecule has 1 aliphatic heterocycles. The van der Waals surface area contributed by atoms with E-state index in [1.807, 2.05) is 6.08 Å². The first-order valence-electron chi connectivity index (χ1n) is 6.01. The Bertz CT molecular complexity index is 213. The summed E-state index contributed by atoms with van der Waals surface area (Å²) in [6.45, 7) is 7.33. The number of carbonyl (C=O) groups is 1. The van der Waals surface area contributed by atoms with Crippen molar-refractivity contribution >= 4 is 5.91 Å². The molecule has 1 rings (SSSR count). The second-order valence-electron chi connectivity index (χ2n) is 4.02. The lowest BCUT2D eigenvalue weighted by atomic mass is 9.99. The number of carbonyl (C=O) groups excluding carboxylic acids is 1. The maximum Gasteiger partial charge on any atom is 0.224 e. The van der Waals surface area contributed by atoms with Crippen LogP contribution in [0.1, 0.15) is 19.3 Å². The molecule has 0 aliphatic carbocycles. The second-order valence-corrected chi connectivity index (χ2v) is 4.02. The van der Waals surface area contributed by atoms with Crippen LogP contribution < -0.4 is 10.6 Å². The standard InChI is InChI=1S/C12H22N2O2/c1-2-3-8-16-9-7-14-12(15)11-5-4-6-13-10-11/h2,11,13H,1,3-10H2,(H,14,15). The van der Waals surface area contributed by atoms with E-state index in [1.54, 1.807) is 0 Å². The van der Waals surface area contributed by atoms with Gasteiger partial charge in [0, 0.05) is 13.1 Å². The zero-order chi connectivity index (χ0) is 11.6. The highest BCUT2D eigenvalue weighted by molar-refractivity contribution is 5.78. The third-order valence-electron chi connectivity index (χ3n) is 2.68. The van der Waals surface area contributed by atoms with Gasteiger partial charge in [-0.2, -0.15) is 0 Å². The van der Waals surface area contributed by atoms with Gasteiger partial charge in [0.25, 0.3) is 0 Å². The summed E-state index contributed by atoms with van der Waals surface area (Å²) in [6, 6.07) is 0. The Labute approximate surface area is 97.4 Å². The molecular weight excluding hydrogens is 204 g/mol. The van der Waals surface area contributed by atoms with Gasteiger partial charge in [0.05, 0.1) is 19.1 Å². The highest BCUT2D eigenvalue weighted by Crippen LogP contribution is 2.09. The molecule has 1 fully saturated rings. The lowest BCUT2D eigenvalue weighted by Crippen LogP contribution is -2.41. The van der Waals surface area contributed by atoms with E-state index in [1.165, 1.54) is 0 Å². The van der Waals surface area contributed by atoms with Crippen LogP contribution >= 0.6 is 0 Å². The zero-order valence-electron chi connectivity index (χ0n) is 9.84.